The zero-order valence-electron chi connectivity index (χ0n) is 6.66. The molecule has 0 aromatic rings. The van der Waals surface area contributed by atoms with Crippen molar-refractivity contribution in [3.05, 3.63) is 13.3 Å². The molecule has 62 valence electrons. The van der Waals surface area contributed by atoms with Gasteiger partial charge in [-0.2, -0.15) is 0 Å². The maximum Gasteiger partial charge on any atom is 0.0630 e. The minimum Gasteiger partial charge on any atom is -0.378 e. The Hall–Kier alpha value is -0.0800. The third-order valence-electron chi connectivity index (χ3n) is 2.14. The van der Waals surface area contributed by atoms with E-state index in [1.165, 1.54) is 6.42 Å². The van der Waals surface area contributed by atoms with Crippen molar-refractivity contribution in [2.24, 2.45) is 5.92 Å². The average molecular weight is 154 g/mol. The molecule has 0 bridgehead atoms. The van der Waals surface area contributed by atoms with Crippen LogP contribution < -0.4 is 0 Å². The zero-order chi connectivity index (χ0) is 7.68. The highest BCUT2D eigenvalue weighted by atomic mass is 16.5. The lowest BCUT2D eigenvalue weighted by Crippen LogP contribution is -2.04. The second kappa shape index (κ2) is 3.11. The number of hydrogen-bond donors (Lipinski definition) is 0. The fourth-order valence-corrected chi connectivity index (χ4v) is 1.19. The smallest absolute Gasteiger partial charge is 0.0630 e. The van der Waals surface area contributed by atoms with Crippen molar-refractivity contribution in [1.82, 2.24) is 0 Å². The van der Waals surface area contributed by atoms with Gasteiger partial charge in [-0.1, -0.05) is 0 Å². The van der Waals surface area contributed by atoms with Crippen molar-refractivity contribution in [2.45, 2.75) is 25.0 Å². The van der Waals surface area contributed by atoms with E-state index < -0.39 is 0 Å². The van der Waals surface area contributed by atoms with Gasteiger partial charge in [-0.15, -0.1) is 0 Å². The topological polar surface area (TPSA) is 18.5 Å². The highest BCUT2D eigenvalue weighted by molar-refractivity contribution is 4.97. The minimum absolute atomic E-state index is 0.450. The Kier molecular flexibility index (Phi) is 2.14. The first-order valence-corrected chi connectivity index (χ1v) is 4.26. The minimum atomic E-state index is 0.450. The first-order chi connectivity index (χ1) is 5.40. The average Bonchev–Trinajstić information content (AvgIpc) is 2.79. The highest BCUT2D eigenvalue weighted by Crippen LogP contribution is 2.35. The summed E-state index contributed by atoms with van der Waals surface area (Å²) in [6.07, 6.45) is 5.41. The molecule has 0 N–H and O–H groups in total. The predicted molar refractivity (Wildman–Crippen MR) is 41.9 cm³/mol. The summed E-state index contributed by atoms with van der Waals surface area (Å²) in [6.45, 7) is 5.11. The van der Waals surface area contributed by atoms with Crippen molar-refractivity contribution in [3.8, 4) is 0 Å². The summed E-state index contributed by atoms with van der Waals surface area (Å²) < 4.78 is 10.8. The second-order valence-electron chi connectivity index (χ2n) is 3.25. The van der Waals surface area contributed by atoms with E-state index in [0.29, 0.717) is 24.7 Å². The quantitative estimate of drug-likeness (QED) is 0.592. The molecule has 2 radical (unpaired) electrons. The van der Waals surface area contributed by atoms with Crippen LogP contribution in [0.4, 0.5) is 0 Å². The van der Waals surface area contributed by atoms with Crippen LogP contribution >= 0.6 is 0 Å². The summed E-state index contributed by atoms with van der Waals surface area (Å²) >= 11 is 0. The van der Waals surface area contributed by atoms with Crippen LogP contribution in [0.1, 0.15) is 12.8 Å². The molecule has 0 aromatic carbocycles. The maximum absolute atomic E-state index is 5.50. The molecule has 0 aliphatic heterocycles. The van der Waals surface area contributed by atoms with Gasteiger partial charge in [0.1, 0.15) is 0 Å². The Balaban J connectivity index is 1.52. The third kappa shape index (κ3) is 2.17. The SMILES string of the molecule is [CH2]COC1CC1COC1[CH]C1. The first kappa shape index (κ1) is 7.56. The molecule has 2 heteroatoms. The number of rotatable bonds is 5. The summed E-state index contributed by atoms with van der Waals surface area (Å²) in [5, 5.41) is 0. The van der Waals surface area contributed by atoms with Gasteiger partial charge in [-0.3, -0.25) is 0 Å². The fraction of sp³-hybridized carbons (Fsp3) is 0.778. The Labute approximate surface area is 67.9 Å². The Bertz CT molecular complexity index is 132. The van der Waals surface area contributed by atoms with Gasteiger partial charge in [-0.05, 0) is 26.2 Å². The lowest BCUT2D eigenvalue weighted by molar-refractivity contribution is 0.0815. The number of hydrogen-bond acceptors (Lipinski definition) is 2. The second-order valence-corrected chi connectivity index (χ2v) is 3.25. The van der Waals surface area contributed by atoms with E-state index in [0.717, 1.165) is 13.0 Å². The molecule has 0 heterocycles. The van der Waals surface area contributed by atoms with Gasteiger partial charge in [0.15, 0.2) is 0 Å². The van der Waals surface area contributed by atoms with Crippen molar-refractivity contribution in [1.29, 1.82) is 0 Å². The summed E-state index contributed by atoms with van der Waals surface area (Å²) in [5.74, 6) is 0.658. The van der Waals surface area contributed by atoms with Crippen molar-refractivity contribution < 1.29 is 9.47 Å². The molecule has 2 nitrogen and oxygen atoms in total. The lowest BCUT2D eigenvalue weighted by atomic mass is 10.4. The Morgan fingerprint density at radius 2 is 2.27 bits per heavy atom. The van der Waals surface area contributed by atoms with Gasteiger partial charge < -0.3 is 9.47 Å². The molecule has 3 unspecified atom stereocenters. The summed E-state index contributed by atoms with van der Waals surface area (Å²) in [6, 6.07) is 0. The van der Waals surface area contributed by atoms with Crippen LogP contribution in [0.15, 0.2) is 0 Å². The van der Waals surface area contributed by atoms with E-state index in [9.17, 15) is 0 Å². The van der Waals surface area contributed by atoms with E-state index >= 15 is 0 Å². The van der Waals surface area contributed by atoms with Crippen LogP contribution in [0.3, 0.4) is 0 Å². The summed E-state index contributed by atoms with van der Waals surface area (Å²) in [7, 11) is 0. The van der Waals surface area contributed by atoms with Crippen molar-refractivity contribution in [2.75, 3.05) is 13.2 Å². The van der Waals surface area contributed by atoms with E-state index in [4.69, 9.17) is 9.47 Å². The van der Waals surface area contributed by atoms with Crippen molar-refractivity contribution >= 4 is 0 Å². The molecule has 2 rings (SSSR count). The predicted octanol–water partition coefficient (Wildman–Crippen LogP) is 1.22. The molecular weight excluding hydrogens is 140 g/mol. The van der Waals surface area contributed by atoms with Gasteiger partial charge >= 0.3 is 0 Å². The van der Waals surface area contributed by atoms with Gasteiger partial charge in [0.05, 0.1) is 18.8 Å². The van der Waals surface area contributed by atoms with Crippen LogP contribution in [0, 0.1) is 19.3 Å². The van der Waals surface area contributed by atoms with Gasteiger partial charge in [0.2, 0.25) is 0 Å². The summed E-state index contributed by atoms with van der Waals surface area (Å²) in [5.41, 5.74) is 0. The van der Waals surface area contributed by atoms with Gasteiger partial charge in [0, 0.05) is 12.5 Å². The summed E-state index contributed by atoms with van der Waals surface area (Å²) in [4.78, 5) is 0. The fourth-order valence-electron chi connectivity index (χ4n) is 1.19. The molecule has 2 saturated carbocycles. The largest absolute Gasteiger partial charge is 0.378 e. The van der Waals surface area contributed by atoms with Crippen LogP contribution in [0.25, 0.3) is 0 Å². The highest BCUT2D eigenvalue weighted by Gasteiger charge is 2.39. The van der Waals surface area contributed by atoms with Crippen LogP contribution in [0.2, 0.25) is 0 Å². The molecule has 3 atom stereocenters. The third-order valence-corrected chi connectivity index (χ3v) is 2.14. The molecule has 2 aliphatic carbocycles. The standard InChI is InChI=1S/C9H14O2/c1-2-10-9-5-7(9)6-11-8-3-4-8/h3,7-9H,1-2,4-6H2. The van der Waals surface area contributed by atoms with Crippen LogP contribution in [-0.2, 0) is 9.47 Å². The Morgan fingerprint density at radius 3 is 2.91 bits per heavy atom. The molecule has 11 heavy (non-hydrogen) atoms. The van der Waals surface area contributed by atoms with E-state index in [1.54, 1.807) is 0 Å². The molecule has 0 aromatic heterocycles. The van der Waals surface area contributed by atoms with Crippen molar-refractivity contribution in [3.63, 3.8) is 0 Å². The molecule has 2 fully saturated rings. The van der Waals surface area contributed by atoms with E-state index in [-0.39, 0.29) is 0 Å². The number of ether oxygens (including phenoxy) is 2. The molecule has 0 saturated heterocycles. The maximum atomic E-state index is 5.50. The molecule has 2 aliphatic rings. The van der Waals surface area contributed by atoms with E-state index in [2.05, 4.69) is 13.3 Å². The van der Waals surface area contributed by atoms with Gasteiger partial charge in [0.25, 0.3) is 0 Å². The van der Waals surface area contributed by atoms with Crippen LogP contribution in [-0.4, -0.2) is 25.4 Å². The first-order valence-electron chi connectivity index (χ1n) is 4.26. The lowest BCUT2D eigenvalue weighted by Gasteiger charge is -2.00. The monoisotopic (exact) mass is 154 g/mol. The molecular formula is C9H14O2. The van der Waals surface area contributed by atoms with Crippen LogP contribution in [0.5, 0.6) is 0 Å². The zero-order valence-corrected chi connectivity index (χ0v) is 6.66. The molecule has 0 amide bonds. The normalized spacial score (nSPS) is 35.7. The van der Waals surface area contributed by atoms with E-state index in [1.807, 2.05) is 0 Å². The molecule has 0 spiro atoms. The Morgan fingerprint density at radius 1 is 1.45 bits per heavy atom. The van der Waals surface area contributed by atoms with Gasteiger partial charge in [-0.25, -0.2) is 0 Å².